The predicted molar refractivity (Wildman–Crippen MR) is 47.9 cm³/mol. The average molecular weight is 214 g/mol. The maximum Gasteiger partial charge on any atom is 0.275 e. The molecule has 0 N–H and O–H groups in total. The Balaban J connectivity index is 3.41. The molecule has 0 aromatic rings. The minimum atomic E-state index is -3.21. The number of halogens is 3. The molecule has 0 aliphatic carbocycles. The highest BCUT2D eigenvalue weighted by Crippen LogP contribution is 2.22. The first-order valence-electron chi connectivity index (χ1n) is 4.11. The molecule has 13 heavy (non-hydrogen) atoms. The summed E-state index contributed by atoms with van der Waals surface area (Å²) >= 11 is 1.03. The molecule has 0 aromatic heterocycles. The third-order valence-corrected chi connectivity index (χ3v) is 2.54. The molecule has 0 aliphatic heterocycles. The van der Waals surface area contributed by atoms with Gasteiger partial charge in [0.2, 0.25) is 0 Å². The first-order valence-corrected chi connectivity index (χ1v) is 5.10. The Bertz CT molecular complexity index is 161. The second kappa shape index (κ2) is 6.29. The Morgan fingerprint density at radius 2 is 2.08 bits per heavy atom. The van der Waals surface area contributed by atoms with Crippen molar-refractivity contribution in [3.63, 3.8) is 0 Å². The molecule has 0 unspecified atom stereocenters. The molecule has 78 valence electrons. The van der Waals surface area contributed by atoms with Crippen LogP contribution < -0.4 is 0 Å². The SMILES string of the molecule is CCC(=O)SCCCC(F)(F)CF. The zero-order valence-electron chi connectivity index (χ0n) is 7.49. The van der Waals surface area contributed by atoms with Crippen molar-refractivity contribution in [3.8, 4) is 0 Å². The lowest BCUT2D eigenvalue weighted by molar-refractivity contribution is -0.110. The fourth-order valence-corrected chi connectivity index (χ4v) is 1.41. The summed E-state index contributed by atoms with van der Waals surface area (Å²) in [6.45, 7) is 0.102. The molecule has 5 heteroatoms. The molecule has 0 spiro atoms. The summed E-state index contributed by atoms with van der Waals surface area (Å²) in [7, 11) is 0. The highest BCUT2D eigenvalue weighted by Gasteiger charge is 2.27. The van der Waals surface area contributed by atoms with Crippen molar-refractivity contribution < 1.29 is 18.0 Å². The van der Waals surface area contributed by atoms with Gasteiger partial charge in [0.15, 0.2) is 11.8 Å². The van der Waals surface area contributed by atoms with Crippen LogP contribution in [0.2, 0.25) is 0 Å². The van der Waals surface area contributed by atoms with E-state index < -0.39 is 19.0 Å². The summed E-state index contributed by atoms with van der Waals surface area (Å²) < 4.78 is 36.2. The van der Waals surface area contributed by atoms with E-state index in [1.54, 1.807) is 6.92 Å². The maximum absolute atomic E-state index is 12.3. The van der Waals surface area contributed by atoms with Crippen LogP contribution in [0, 0.1) is 0 Å². The number of alkyl halides is 3. The van der Waals surface area contributed by atoms with E-state index in [4.69, 9.17) is 0 Å². The molecule has 0 fully saturated rings. The molecule has 0 heterocycles. The van der Waals surface area contributed by atoms with Gasteiger partial charge in [-0.25, -0.2) is 13.2 Å². The van der Waals surface area contributed by atoms with E-state index in [0.717, 1.165) is 11.8 Å². The van der Waals surface area contributed by atoms with Gasteiger partial charge in [0.05, 0.1) is 0 Å². The third-order valence-electron chi connectivity index (χ3n) is 1.43. The normalized spacial score (nSPS) is 11.7. The summed E-state index contributed by atoms with van der Waals surface area (Å²) in [4.78, 5) is 10.7. The molecule has 0 bridgehead atoms. The minimum absolute atomic E-state index is 0.0106. The third kappa shape index (κ3) is 6.93. The molecule has 0 saturated heterocycles. The van der Waals surface area contributed by atoms with Crippen molar-refractivity contribution in [2.45, 2.75) is 32.1 Å². The van der Waals surface area contributed by atoms with Gasteiger partial charge in [-0.3, -0.25) is 4.79 Å². The first-order chi connectivity index (χ1) is 6.02. The number of carbonyl (C=O) groups excluding carboxylic acids is 1. The van der Waals surface area contributed by atoms with Crippen LogP contribution in [-0.2, 0) is 4.79 Å². The van der Waals surface area contributed by atoms with Crippen LogP contribution in [0.3, 0.4) is 0 Å². The van der Waals surface area contributed by atoms with Crippen LogP contribution in [0.25, 0.3) is 0 Å². The second-order valence-corrected chi connectivity index (χ2v) is 3.82. The van der Waals surface area contributed by atoms with E-state index in [2.05, 4.69) is 0 Å². The average Bonchev–Trinajstić information content (AvgIpc) is 2.12. The molecule has 0 atom stereocenters. The zero-order chi connectivity index (χ0) is 10.3. The van der Waals surface area contributed by atoms with E-state index in [1.807, 2.05) is 0 Å². The summed E-state index contributed by atoms with van der Waals surface area (Å²) in [5.74, 6) is -2.86. The Hall–Kier alpha value is -0.190. The van der Waals surface area contributed by atoms with Crippen molar-refractivity contribution in [2.75, 3.05) is 12.4 Å². The van der Waals surface area contributed by atoms with E-state index in [-0.39, 0.29) is 11.5 Å². The van der Waals surface area contributed by atoms with Gasteiger partial charge < -0.3 is 0 Å². The van der Waals surface area contributed by atoms with E-state index >= 15 is 0 Å². The van der Waals surface area contributed by atoms with Gasteiger partial charge in [0, 0.05) is 18.6 Å². The van der Waals surface area contributed by atoms with E-state index in [9.17, 15) is 18.0 Å². The monoisotopic (exact) mass is 214 g/mol. The van der Waals surface area contributed by atoms with Gasteiger partial charge in [-0.1, -0.05) is 18.7 Å². The molecular formula is C8H13F3OS. The summed E-state index contributed by atoms with van der Waals surface area (Å²) in [5, 5.41) is -0.0106. The van der Waals surface area contributed by atoms with Crippen molar-refractivity contribution in [1.29, 1.82) is 0 Å². The second-order valence-electron chi connectivity index (χ2n) is 2.67. The number of hydrogen-bond donors (Lipinski definition) is 0. The Morgan fingerprint density at radius 3 is 2.54 bits per heavy atom. The fraction of sp³-hybridized carbons (Fsp3) is 0.875. The summed E-state index contributed by atoms with van der Waals surface area (Å²) in [6.07, 6.45) is 0.102. The van der Waals surface area contributed by atoms with Crippen LogP contribution in [0.4, 0.5) is 13.2 Å². The lowest BCUT2D eigenvalue weighted by atomic mass is 10.2. The quantitative estimate of drug-likeness (QED) is 0.632. The standard InChI is InChI=1S/C8H13F3OS/c1-2-7(12)13-5-3-4-8(10,11)6-9/h2-6H2,1H3. The largest absolute Gasteiger partial charge is 0.287 e. The van der Waals surface area contributed by atoms with Crippen molar-refractivity contribution in [3.05, 3.63) is 0 Å². The number of hydrogen-bond acceptors (Lipinski definition) is 2. The Kier molecular flexibility index (Phi) is 6.20. The van der Waals surface area contributed by atoms with Crippen molar-refractivity contribution >= 4 is 16.9 Å². The van der Waals surface area contributed by atoms with E-state index in [0.29, 0.717) is 12.2 Å². The van der Waals surface area contributed by atoms with Gasteiger partial charge >= 0.3 is 0 Å². The smallest absolute Gasteiger partial charge is 0.275 e. The summed E-state index contributed by atoms with van der Waals surface area (Å²) in [6, 6.07) is 0. The van der Waals surface area contributed by atoms with Crippen LogP contribution in [0.1, 0.15) is 26.2 Å². The maximum atomic E-state index is 12.3. The molecule has 0 radical (unpaired) electrons. The van der Waals surface area contributed by atoms with Crippen molar-refractivity contribution in [1.82, 2.24) is 0 Å². The molecule has 1 nitrogen and oxygen atoms in total. The highest BCUT2D eigenvalue weighted by atomic mass is 32.2. The lowest BCUT2D eigenvalue weighted by Crippen LogP contribution is -2.18. The van der Waals surface area contributed by atoms with Crippen LogP contribution in [0.5, 0.6) is 0 Å². The number of rotatable bonds is 6. The molecular weight excluding hydrogens is 201 g/mol. The van der Waals surface area contributed by atoms with Crippen LogP contribution >= 0.6 is 11.8 Å². The molecule has 0 amide bonds. The van der Waals surface area contributed by atoms with Crippen LogP contribution in [-0.4, -0.2) is 23.5 Å². The Labute approximate surface area is 80.1 Å². The lowest BCUT2D eigenvalue weighted by Gasteiger charge is -2.10. The Morgan fingerprint density at radius 1 is 1.46 bits per heavy atom. The van der Waals surface area contributed by atoms with Gasteiger partial charge in [-0.2, -0.15) is 0 Å². The van der Waals surface area contributed by atoms with Crippen molar-refractivity contribution in [2.24, 2.45) is 0 Å². The van der Waals surface area contributed by atoms with Crippen LogP contribution in [0.15, 0.2) is 0 Å². The van der Waals surface area contributed by atoms with Gasteiger partial charge in [0.1, 0.15) is 0 Å². The number of carbonyl (C=O) groups is 1. The van der Waals surface area contributed by atoms with Gasteiger partial charge in [-0.05, 0) is 6.42 Å². The highest BCUT2D eigenvalue weighted by molar-refractivity contribution is 8.13. The molecule has 0 rings (SSSR count). The molecule has 0 saturated carbocycles. The molecule has 0 aromatic carbocycles. The van der Waals surface area contributed by atoms with Gasteiger partial charge in [-0.15, -0.1) is 0 Å². The first kappa shape index (κ1) is 12.8. The predicted octanol–water partition coefficient (Wildman–Crippen LogP) is 3.04. The summed E-state index contributed by atoms with van der Waals surface area (Å²) in [5.41, 5.74) is 0. The van der Waals surface area contributed by atoms with Gasteiger partial charge in [0.25, 0.3) is 5.92 Å². The fourth-order valence-electron chi connectivity index (χ4n) is 0.686. The minimum Gasteiger partial charge on any atom is -0.287 e. The zero-order valence-corrected chi connectivity index (χ0v) is 8.30. The number of thioether (sulfide) groups is 1. The molecule has 0 aliphatic rings. The topological polar surface area (TPSA) is 17.1 Å². The van der Waals surface area contributed by atoms with E-state index in [1.165, 1.54) is 0 Å².